The van der Waals surface area contributed by atoms with Crippen LogP contribution in [0.25, 0.3) is 17.1 Å². The molecule has 0 saturated carbocycles. The van der Waals surface area contributed by atoms with Crippen LogP contribution in [0.5, 0.6) is 0 Å². The predicted octanol–water partition coefficient (Wildman–Crippen LogP) is 3.44. The SMILES string of the molecule is CCc1ccc(C=CC(=O)Nc2ccc3nccnc3c2)o1. The van der Waals surface area contributed by atoms with Crippen LogP contribution in [0.2, 0.25) is 0 Å². The van der Waals surface area contributed by atoms with Crippen molar-refractivity contribution < 1.29 is 9.21 Å². The molecule has 0 aliphatic carbocycles. The Bertz CT molecular complexity index is 837. The summed E-state index contributed by atoms with van der Waals surface area (Å²) in [4.78, 5) is 20.3. The van der Waals surface area contributed by atoms with Crippen LogP contribution in [0.4, 0.5) is 5.69 Å². The standard InChI is InChI=1S/C17H15N3O2/c1-2-13-4-5-14(22-13)6-8-17(21)20-12-3-7-15-16(11-12)19-10-9-18-15/h3-11H,2H2,1H3,(H,20,21). The lowest BCUT2D eigenvalue weighted by molar-refractivity contribution is -0.111. The minimum absolute atomic E-state index is 0.224. The van der Waals surface area contributed by atoms with Crippen LogP contribution in [0.3, 0.4) is 0 Å². The third kappa shape index (κ3) is 3.20. The van der Waals surface area contributed by atoms with E-state index in [1.165, 1.54) is 6.08 Å². The van der Waals surface area contributed by atoms with E-state index in [-0.39, 0.29) is 5.91 Å². The minimum Gasteiger partial charge on any atom is -0.462 e. The van der Waals surface area contributed by atoms with E-state index < -0.39 is 0 Å². The lowest BCUT2D eigenvalue weighted by Gasteiger charge is -2.03. The van der Waals surface area contributed by atoms with Gasteiger partial charge in [-0.3, -0.25) is 14.8 Å². The molecule has 1 N–H and O–H groups in total. The van der Waals surface area contributed by atoms with Crippen LogP contribution >= 0.6 is 0 Å². The molecule has 2 heterocycles. The molecule has 2 aromatic heterocycles. The normalized spacial score (nSPS) is 11.1. The second-order valence-electron chi connectivity index (χ2n) is 4.74. The summed E-state index contributed by atoms with van der Waals surface area (Å²) in [6, 6.07) is 9.15. The number of anilines is 1. The number of benzene rings is 1. The Morgan fingerprint density at radius 1 is 1.18 bits per heavy atom. The van der Waals surface area contributed by atoms with Gasteiger partial charge in [0.25, 0.3) is 0 Å². The zero-order valence-electron chi connectivity index (χ0n) is 12.1. The van der Waals surface area contributed by atoms with Crippen molar-refractivity contribution in [3.05, 3.63) is 60.3 Å². The van der Waals surface area contributed by atoms with E-state index in [9.17, 15) is 4.79 Å². The number of carbonyl (C=O) groups is 1. The number of furan rings is 1. The first-order valence-corrected chi connectivity index (χ1v) is 7.03. The molecule has 22 heavy (non-hydrogen) atoms. The number of carbonyl (C=O) groups excluding carboxylic acids is 1. The van der Waals surface area contributed by atoms with Crippen LogP contribution in [0.15, 0.2) is 53.2 Å². The molecule has 0 saturated heterocycles. The highest BCUT2D eigenvalue weighted by Gasteiger charge is 2.02. The largest absolute Gasteiger partial charge is 0.462 e. The van der Waals surface area contributed by atoms with E-state index in [2.05, 4.69) is 15.3 Å². The van der Waals surface area contributed by atoms with Crippen molar-refractivity contribution in [1.29, 1.82) is 0 Å². The Morgan fingerprint density at radius 2 is 2.00 bits per heavy atom. The van der Waals surface area contributed by atoms with Gasteiger partial charge in [0, 0.05) is 30.6 Å². The van der Waals surface area contributed by atoms with Crippen molar-refractivity contribution in [3.63, 3.8) is 0 Å². The predicted molar refractivity (Wildman–Crippen MR) is 85.3 cm³/mol. The molecule has 0 fully saturated rings. The summed E-state index contributed by atoms with van der Waals surface area (Å²) in [6.45, 7) is 2.02. The summed E-state index contributed by atoms with van der Waals surface area (Å²) >= 11 is 0. The fraction of sp³-hybridized carbons (Fsp3) is 0.118. The molecule has 0 aliphatic rings. The van der Waals surface area contributed by atoms with E-state index in [0.29, 0.717) is 11.4 Å². The van der Waals surface area contributed by atoms with Gasteiger partial charge in [-0.15, -0.1) is 0 Å². The van der Waals surface area contributed by atoms with E-state index in [1.54, 1.807) is 30.6 Å². The molecule has 3 aromatic rings. The lowest BCUT2D eigenvalue weighted by Crippen LogP contribution is -2.07. The number of fused-ring (bicyclic) bond motifs is 1. The quantitative estimate of drug-likeness (QED) is 0.748. The van der Waals surface area contributed by atoms with Crippen molar-refractivity contribution in [2.24, 2.45) is 0 Å². The first kappa shape index (κ1) is 14.0. The molecular weight excluding hydrogens is 278 g/mol. The van der Waals surface area contributed by atoms with Crippen LogP contribution in [-0.2, 0) is 11.2 Å². The van der Waals surface area contributed by atoms with Gasteiger partial charge >= 0.3 is 0 Å². The van der Waals surface area contributed by atoms with Gasteiger partial charge < -0.3 is 9.73 Å². The van der Waals surface area contributed by atoms with E-state index in [4.69, 9.17) is 4.42 Å². The van der Waals surface area contributed by atoms with Gasteiger partial charge in [-0.05, 0) is 36.4 Å². The molecule has 3 rings (SSSR count). The topological polar surface area (TPSA) is 68.0 Å². The number of rotatable bonds is 4. The van der Waals surface area contributed by atoms with Crippen molar-refractivity contribution in [3.8, 4) is 0 Å². The van der Waals surface area contributed by atoms with Crippen molar-refractivity contribution in [1.82, 2.24) is 9.97 Å². The molecule has 110 valence electrons. The third-order valence-corrected chi connectivity index (χ3v) is 3.17. The fourth-order valence-electron chi connectivity index (χ4n) is 2.06. The maximum absolute atomic E-state index is 11.9. The van der Waals surface area contributed by atoms with Gasteiger partial charge in [0.05, 0.1) is 11.0 Å². The summed E-state index contributed by atoms with van der Waals surface area (Å²) in [5, 5.41) is 2.79. The number of nitrogens with zero attached hydrogens (tertiary/aromatic N) is 2. The Kier molecular flexibility index (Phi) is 3.96. The molecule has 5 heteroatoms. The summed E-state index contributed by atoms with van der Waals surface area (Å²) in [5.41, 5.74) is 2.21. The average molecular weight is 293 g/mol. The summed E-state index contributed by atoms with van der Waals surface area (Å²) < 4.78 is 5.51. The Labute approximate surface area is 127 Å². The molecule has 0 aliphatic heterocycles. The molecule has 5 nitrogen and oxygen atoms in total. The first-order chi connectivity index (χ1) is 10.7. The zero-order chi connectivity index (χ0) is 15.4. The summed E-state index contributed by atoms with van der Waals surface area (Å²) in [6.07, 6.45) is 7.18. The molecule has 0 unspecified atom stereocenters. The third-order valence-electron chi connectivity index (χ3n) is 3.17. The second-order valence-corrected chi connectivity index (χ2v) is 4.74. The van der Waals surface area contributed by atoms with Gasteiger partial charge in [-0.25, -0.2) is 0 Å². The zero-order valence-corrected chi connectivity index (χ0v) is 12.1. The van der Waals surface area contributed by atoms with Gasteiger partial charge in [0.15, 0.2) is 0 Å². The first-order valence-electron chi connectivity index (χ1n) is 7.03. The summed E-state index contributed by atoms with van der Waals surface area (Å²) in [7, 11) is 0. The Balaban J connectivity index is 1.69. The van der Waals surface area contributed by atoms with Crippen LogP contribution in [0, 0.1) is 0 Å². The molecule has 1 amide bonds. The molecule has 1 aromatic carbocycles. The van der Waals surface area contributed by atoms with Gasteiger partial charge in [0.2, 0.25) is 5.91 Å². The monoisotopic (exact) mass is 293 g/mol. The molecule has 0 radical (unpaired) electrons. The van der Waals surface area contributed by atoms with Crippen molar-refractivity contribution in [2.75, 3.05) is 5.32 Å². The smallest absolute Gasteiger partial charge is 0.248 e. The summed E-state index contributed by atoms with van der Waals surface area (Å²) in [5.74, 6) is 1.34. The van der Waals surface area contributed by atoms with Crippen LogP contribution < -0.4 is 5.32 Å². The highest BCUT2D eigenvalue weighted by atomic mass is 16.3. The van der Waals surface area contributed by atoms with E-state index in [1.807, 2.05) is 25.1 Å². The number of amides is 1. The highest BCUT2D eigenvalue weighted by Crippen LogP contribution is 2.15. The number of nitrogens with one attached hydrogen (secondary N) is 1. The van der Waals surface area contributed by atoms with Crippen molar-refractivity contribution in [2.45, 2.75) is 13.3 Å². The fourth-order valence-corrected chi connectivity index (χ4v) is 2.06. The van der Waals surface area contributed by atoms with Gasteiger partial charge in [0.1, 0.15) is 11.5 Å². The molecule has 0 spiro atoms. The molecule has 0 atom stereocenters. The molecular formula is C17H15N3O2. The van der Waals surface area contributed by atoms with E-state index in [0.717, 1.165) is 23.2 Å². The number of hydrogen-bond acceptors (Lipinski definition) is 4. The Hall–Kier alpha value is -2.95. The number of aryl methyl sites for hydroxylation is 1. The Morgan fingerprint density at radius 3 is 2.77 bits per heavy atom. The second kappa shape index (κ2) is 6.22. The van der Waals surface area contributed by atoms with E-state index >= 15 is 0 Å². The maximum atomic E-state index is 11.9. The lowest BCUT2D eigenvalue weighted by atomic mass is 10.2. The minimum atomic E-state index is -0.224. The van der Waals surface area contributed by atoms with Crippen molar-refractivity contribution >= 4 is 28.7 Å². The number of hydrogen-bond donors (Lipinski definition) is 1. The average Bonchev–Trinajstić information content (AvgIpc) is 3.01. The highest BCUT2D eigenvalue weighted by molar-refractivity contribution is 6.02. The molecule has 0 bridgehead atoms. The van der Waals surface area contributed by atoms with Crippen LogP contribution in [0.1, 0.15) is 18.4 Å². The van der Waals surface area contributed by atoms with Gasteiger partial charge in [-0.2, -0.15) is 0 Å². The van der Waals surface area contributed by atoms with Gasteiger partial charge in [-0.1, -0.05) is 6.92 Å². The maximum Gasteiger partial charge on any atom is 0.248 e. The number of aromatic nitrogens is 2. The van der Waals surface area contributed by atoms with Crippen LogP contribution in [-0.4, -0.2) is 15.9 Å².